The van der Waals surface area contributed by atoms with E-state index in [1.807, 2.05) is 31.2 Å². The zero-order valence-corrected chi connectivity index (χ0v) is 15.8. The summed E-state index contributed by atoms with van der Waals surface area (Å²) in [5.41, 5.74) is 3.81. The summed E-state index contributed by atoms with van der Waals surface area (Å²) >= 11 is 0. The number of fused-ring (bicyclic) bond motifs is 2. The van der Waals surface area contributed by atoms with Gasteiger partial charge in [-0.3, -0.25) is 0 Å². The van der Waals surface area contributed by atoms with Crippen molar-refractivity contribution in [1.29, 1.82) is 5.26 Å². The van der Waals surface area contributed by atoms with E-state index in [2.05, 4.69) is 16.2 Å². The van der Waals surface area contributed by atoms with E-state index in [0.717, 1.165) is 35.2 Å². The minimum absolute atomic E-state index is 0.195. The van der Waals surface area contributed by atoms with Crippen molar-refractivity contribution in [1.82, 2.24) is 0 Å². The first-order chi connectivity index (χ1) is 13.4. The molecule has 1 fully saturated rings. The van der Waals surface area contributed by atoms with E-state index >= 15 is 0 Å². The van der Waals surface area contributed by atoms with Crippen molar-refractivity contribution in [2.45, 2.75) is 50.4 Å². The molecule has 0 aromatic heterocycles. The molecule has 28 heavy (non-hydrogen) atoms. The molecule has 0 spiro atoms. The molecule has 5 heteroatoms. The Morgan fingerprint density at radius 3 is 2.71 bits per heavy atom. The third-order valence-corrected chi connectivity index (χ3v) is 6.30. The zero-order chi connectivity index (χ0) is 19.9. The molecule has 1 aliphatic carbocycles. The van der Waals surface area contributed by atoms with E-state index in [9.17, 15) is 10.2 Å². The van der Waals surface area contributed by atoms with Crippen LogP contribution in [0.25, 0.3) is 4.85 Å². The second kappa shape index (κ2) is 6.95. The van der Waals surface area contributed by atoms with Crippen LogP contribution in [0.15, 0.2) is 36.4 Å². The summed E-state index contributed by atoms with van der Waals surface area (Å²) in [5.74, 6) is 0.195. The van der Waals surface area contributed by atoms with Crippen LogP contribution in [0.2, 0.25) is 0 Å². The van der Waals surface area contributed by atoms with Crippen molar-refractivity contribution >= 4 is 11.4 Å². The molecule has 0 saturated heterocycles. The lowest BCUT2D eigenvalue weighted by molar-refractivity contribution is -0.122. The molecule has 3 N–H and O–H groups in total. The van der Waals surface area contributed by atoms with Crippen LogP contribution in [-0.4, -0.2) is 28.0 Å². The second-order valence-corrected chi connectivity index (χ2v) is 8.06. The van der Waals surface area contributed by atoms with Crippen molar-refractivity contribution in [3.05, 3.63) is 70.1 Å². The minimum Gasteiger partial charge on any atom is -0.390 e. The summed E-state index contributed by atoms with van der Waals surface area (Å²) in [6.45, 7) is 9.26. The summed E-state index contributed by atoms with van der Waals surface area (Å²) in [6.07, 6.45) is 1.67. The highest BCUT2D eigenvalue weighted by molar-refractivity contribution is 5.66. The number of nitrogens with one attached hydrogen (secondary N) is 1. The first-order valence-corrected chi connectivity index (χ1v) is 9.61. The summed E-state index contributed by atoms with van der Waals surface area (Å²) in [7, 11) is 0. The fourth-order valence-electron chi connectivity index (χ4n) is 4.73. The van der Waals surface area contributed by atoms with Gasteiger partial charge in [0.05, 0.1) is 30.4 Å². The average molecular weight is 373 g/mol. The number of hydrogen-bond donors (Lipinski definition) is 3. The summed E-state index contributed by atoms with van der Waals surface area (Å²) in [6, 6.07) is 12.9. The number of aliphatic hydroxyl groups excluding tert-OH is 1. The van der Waals surface area contributed by atoms with E-state index in [-0.39, 0.29) is 12.0 Å². The van der Waals surface area contributed by atoms with Crippen molar-refractivity contribution in [3.8, 4) is 6.07 Å². The van der Waals surface area contributed by atoms with E-state index in [1.54, 1.807) is 12.1 Å². The molecule has 4 atom stereocenters. The SMILES string of the molecule is [C-]#[N+]c1cc2c(cc1C)NC1C(CCC(O)C1(O)Cc1ccc(C#N)cc1)C2. The van der Waals surface area contributed by atoms with E-state index in [4.69, 9.17) is 11.8 Å². The molecule has 0 radical (unpaired) electrons. The number of rotatable bonds is 2. The molecule has 4 unspecified atom stereocenters. The molecule has 2 aromatic carbocycles. The van der Waals surface area contributed by atoms with Crippen molar-refractivity contribution in [3.63, 3.8) is 0 Å². The number of hydrogen-bond acceptors (Lipinski definition) is 4. The first-order valence-electron chi connectivity index (χ1n) is 9.61. The summed E-state index contributed by atoms with van der Waals surface area (Å²) < 4.78 is 0. The fraction of sp³-hybridized carbons (Fsp3) is 0.391. The van der Waals surface area contributed by atoms with E-state index < -0.39 is 11.7 Å². The third-order valence-electron chi connectivity index (χ3n) is 6.30. The normalized spacial score (nSPS) is 28.2. The summed E-state index contributed by atoms with van der Waals surface area (Å²) in [4.78, 5) is 3.60. The Morgan fingerprint density at radius 1 is 1.29 bits per heavy atom. The third kappa shape index (κ3) is 3.03. The number of anilines is 1. The molecule has 1 heterocycles. The van der Waals surface area contributed by atoms with Crippen LogP contribution in [-0.2, 0) is 12.8 Å². The van der Waals surface area contributed by atoms with Crippen LogP contribution in [0.1, 0.15) is 35.1 Å². The van der Waals surface area contributed by atoms with Gasteiger partial charge in [0.2, 0.25) is 0 Å². The van der Waals surface area contributed by atoms with Crippen LogP contribution in [0.4, 0.5) is 11.4 Å². The molecule has 1 saturated carbocycles. The highest BCUT2D eigenvalue weighted by atomic mass is 16.3. The topological polar surface area (TPSA) is 80.6 Å². The van der Waals surface area contributed by atoms with Crippen molar-refractivity contribution < 1.29 is 10.2 Å². The quantitative estimate of drug-likeness (QED) is 0.704. The number of aryl methyl sites for hydroxylation is 1. The molecule has 4 rings (SSSR count). The number of nitrogens with zero attached hydrogens (tertiary/aromatic N) is 2. The minimum atomic E-state index is -1.29. The Bertz CT molecular complexity index is 987. The molecule has 0 amide bonds. The van der Waals surface area contributed by atoms with Gasteiger partial charge in [0.15, 0.2) is 5.69 Å². The highest BCUT2D eigenvalue weighted by Crippen LogP contribution is 2.44. The molecule has 2 aromatic rings. The Balaban J connectivity index is 1.67. The monoisotopic (exact) mass is 373 g/mol. The molecule has 2 aliphatic rings. The largest absolute Gasteiger partial charge is 0.390 e. The van der Waals surface area contributed by atoms with Gasteiger partial charge in [-0.05, 0) is 67.0 Å². The van der Waals surface area contributed by atoms with Crippen LogP contribution < -0.4 is 5.32 Å². The Kier molecular flexibility index (Phi) is 4.59. The molecule has 142 valence electrons. The predicted octanol–water partition coefficient (Wildman–Crippen LogP) is 3.50. The molecule has 1 aliphatic heterocycles. The van der Waals surface area contributed by atoms with Crippen LogP contribution in [0, 0.1) is 30.7 Å². The zero-order valence-electron chi connectivity index (χ0n) is 15.8. The van der Waals surface area contributed by atoms with Crippen molar-refractivity contribution in [2.75, 3.05) is 5.32 Å². The van der Waals surface area contributed by atoms with Gasteiger partial charge in [-0.1, -0.05) is 18.2 Å². The fourth-order valence-corrected chi connectivity index (χ4v) is 4.73. The lowest BCUT2D eigenvalue weighted by Gasteiger charge is -2.51. The van der Waals surface area contributed by atoms with Gasteiger partial charge >= 0.3 is 0 Å². The molecule has 0 bridgehead atoms. The Morgan fingerprint density at radius 2 is 2.04 bits per heavy atom. The van der Waals surface area contributed by atoms with Gasteiger partial charge in [-0.25, -0.2) is 4.85 Å². The Hall–Kier alpha value is -2.86. The second-order valence-electron chi connectivity index (χ2n) is 8.06. The van der Waals surface area contributed by atoms with E-state index in [0.29, 0.717) is 24.1 Å². The molecular formula is C23H23N3O2. The van der Waals surface area contributed by atoms with Gasteiger partial charge in [-0.15, -0.1) is 0 Å². The number of benzene rings is 2. The lowest BCUT2D eigenvalue weighted by atomic mass is 9.66. The standard InChI is InChI=1S/C23H23N3O2/c1-14-9-20-18(11-19(14)25-2)10-17-7-8-21(27)23(28,22(17)26-20)12-15-3-5-16(13-24)6-4-15/h3-6,9,11,17,21-22,26-28H,7-8,10,12H2,1H3. The van der Waals surface area contributed by atoms with Crippen molar-refractivity contribution in [2.24, 2.45) is 5.92 Å². The smallest absolute Gasteiger partial charge is 0.190 e. The Labute approximate surface area is 165 Å². The van der Waals surface area contributed by atoms with Gasteiger partial charge < -0.3 is 15.5 Å². The molecule has 5 nitrogen and oxygen atoms in total. The number of aliphatic hydroxyl groups is 2. The molecular weight excluding hydrogens is 350 g/mol. The lowest BCUT2D eigenvalue weighted by Crippen LogP contribution is -2.63. The predicted molar refractivity (Wildman–Crippen MR) is 107 cm³/mol. The highest BCUT2D eigenvalue weighted by Gasteiger charge is 2.51. The maximum Gasteiger partial charge on any atom is 0.190 e. The van der Waals surface area contributed by atoms with Crippen LogP contribution in [0.5, 0.6) is 0 Å². The van der Waals surface area contributed by atoms with Gasteiger partial charge in [0, 0.05) is 12.1 Å². The first kappa shape index (κ1) is 18.5. The van der Waals surface area contributed by atoms with Gasteiger partial charge in [-0.2, -0.15) is 5.26 Å². The number of nitriles is 1. The average Bonchev–Trinajstić information content (AvgIpc) is 2.70. The van der Waals surface area contributed by atoms with Gasteiger partial charge in [0.25, 0.3) is 0 Å². The van der Waals surface area contributed by atoms with Crippen LogP contribution in [0.3, 0.4) is 0 Å². The van der Waals surface area contributed by atoms with Crippen LogP contribution >= 0.6 is 0 Å². The van der Waals surface area contributed by atoms with E-state index in [1.165, 1.54) is 0 Å². The maximum absolute atomic E-state index is 11.6. The van der Waals surface area contributed by atoms with Gasteiger partial charge in [0.1, 0.15) is 5.60 Å². The maximum atomic E-state index is 11.6. The summed E-state index contributed by atoms with van der Waals surface area (Å²) in [5, 5.41) is 34.8.